The molecule has 0 aromatic carbocycles. The Balaban J connectivity index is 1.80. The van der Waals surface area contributed by atoms with Crippen LogP contribution in [0.5, 0.6) is 0 Å². The second-order valence-electron chi connectivity index (χ2n) is 6.08. The lowest BCUT2D eigenvalue weighted by atomic mass is 9.83. The molecule has 0 bridgehead atoms. The van der Waals surface area contributed by atoms with Gasteiger partial charge < -0.3 is 15.5 Å². The highest BCUT2D eigenvalue weighted by molar-refractivity contribution is 5.45. The first-order chi connectivity index (χ1) is 10.7. The van der Waals surface area contributed by atoms with E-state index in [1.54, 1.807) is 4.52 Å². The maximum absolute atomic E-state index is 10.6. The molecule has 0 amide bonds. The number of hydrogen-bond donors (Lipinski definition) is 3. The molecule has 2 aromatic heterocycles. The van der Waals surface area contributed by atoms with Gasteiger partial charge in [0.05, 0.1) is 18.8 Å². The van der Waals surface area contributed by atoms with Gasteiger partial charge in [-0.1, -0.05) is 19.3 Å². The number of anilines is 1. The maximum Gasteiger partial charge on any atom is 0.254 e. The van der Waals surface area contributed by atoms with Gasteiger partial charge in [0.25, 0.3) is 5.78 Å². The third-order valence-electron chi connectivity index (χ3n) is 4.45. The number of aliphatic hydroxyl groups is 2. The quantitative estimate of drug-likeness (QED) is 0.767. The summed E-state index contributed by atoms with van der Waals surface area (Å²) in [7, 11) is 0. The molecule has 2 atom stereocenters. The molecule has 1 saturated carbocycles. The zero-order valence-electron chi connectivity index (χ0n) is 12.8. The summed E-state index contributed by atoms with van der Waals surface area (Å²) < 4.78 is 1.59. The van der Waals surface area contributed by atoms with Gasteiger partial charge in [-0.15, -0.1) is 0 Å². The number of nitrogens with zero attached hydrogens (tertiary/aromatic N) is 4. The summed E-state index contributed by atoms with van der Waals surface area (Å²) in [5, 5.41) is 27.7. The van der Waals surface area contributed by atoms with Crippen LogP contribution >= 0.6 is 0 Å². The number of nitrogens with one attached hydrogen (secondary N) is 1. The Bertz CT molecular complexity index is 623. The zero-order chi connectivity index (χ0) is 15.5. The Kier molecular flexibility index (Phi) is 4.54. The highest BCUT2D eigenvalue weighted by atomic mass is 16.3. The van der Waals surface area contributed by atoms with Gasteiger partial charge in [0, 0.05) is 11.8 Å². The Labute approximate surface area is 129 Å². The average molecular weight is 305 g/mol. The molecule has 3 rings (SSSR count). The normalized spacial score (nSPS) is 19.2. The minimum atomic E-state index is -0.572. The summed E-state index contributed by atoms with van der Waals surface area (Å²) >= 11 is 0. The third kappa shape index (κ3) is 3.05. The van der Waals surface area contributed by atoms with Crippen LogP contribution in [0.1, 0.15) is 37.8 Å². The molecular formula is C15H23N5O2. The number of hydrogen-bond acceptors (Lipinski definition) is 6. The van der Waals surface area contributed by atoms with Crippen LogP contribution in [0, 0.1) is 12.8 Å². The van der Waals surface area contributed by atoms with E-state index in [9.17, 15) is 10.2 Å². The SMILES string of the molecule is Cc1cc(N[C@@H](CO)[C@H](O)C2CCCCC2)n2ncnc2n1. The van der Waals surface area contributed by atoms with Crippen LogP contribution in [-0.4, -0.2) is 48.5 Å². The van der Waals surface area contributed by atoms with E-state index in [0.717, 1.165) is 31.4 Å². The second kappa shape index (κ2) is 6.58. The molecule has 120 valence electrons. The average Bonchev–Trinajstić information content (AvgIpc) is 3.01. The largest absolute Gasteiger partial charge is 0.394 e. The third-order valence-corrected chi connectivity index (χ3v) is 4.45. The molecular weight excluding hydrogens is 282 g/mol. The van der Waals surface area contributed by atoms with Crippen molar-refractivity contribution in [3.8, 4) is 0 Å². The molecule has 0 saturated heterocycles. The fourth-order valence-corrected chi connectivity index (χ4v) is 3.27. The standard InChI is InChI=1S/C15H23N5O2/c1-10-7-13(20-15(18-10)16-9-17-20)19-12(8-21)14(22)11-5-3-2-4-6-11/h7,9,11-12,14,19,21-22H,2-6,8H2,1H3/t12-,14+/m0/s1. The first-order valence-electron chi connectivity index (χ1n) is 7.92. The lowest BCUT2D eigenvalue weighted by molar-refractivity contribution is 0.0492. The van der Waals surface area contributed by atoms with Crippen LogP contribution in [0.4, 0.5) is 5.82 Å². The van der Waals surface area contributed by atoms with Gasteiger partial charge in [-0.3, -0.25) is 0 Å². The van der Waals surface area contributed by atoms with Crippen molar-refractivity contribution < 1.29 is 10.2 Å². The molecule has 0 radical (unpaired) electrons. The monoisotopic (exact) mass is 305 g/mol. The van der Waals surface area contributed by atoms with E-state index in [4.69, 9.17) is 0 Å². The minimum absolute atomic E-state index is 0.130. The predicted molar refractivity (Wildman–Crippen MR) is 82.6 cm³/mol. The fourth-order valence-electron chi connectivity index (χ4n) is 3.27. The molecule has 1 aliphatic rings. The van der Waals surface area contributed by atoms with Gasteiger partial charge in [0.2, 0.25) is 0 Å². The van der Waals surface area contributed by atoms with E-state index < -0.39 is 12.1 Å². The van der Waals surface area contributed by atoms with Crippen molar-refractivity contribution in [1.29, 1.82) is 0 Å². The van der Waals surface area contributed by atoms with Crippen molar-refractivity contribution in [3.05, 3.63) is 18.1 Å². The molecule has 1 fully saturated rings. The first-order valence-corrected chi connectivity index (χ1v) is 7.92. The summed E-state index contributed by atoms with van der Waals surface area (Å²) in [5.41, 5.74) is 0.812. The van der Waals surface area contributed by atoms with Gasteiger partial charge in [0.1, 0.15) is 12.1 Å². The highest BCUT2D eigenvalue weighted by Gasteiger charge is 2.29. The number of aliphatic hydroxyl groups excluding tert-OH is 2. The van der Waals surface area contributed by atoms with Crippen molar-refractivity contribution in [2.75, 3.05) is 11.9 Å². The van der Waals surface area contributed by atoms with Crippen LogP contribution in [0.2, 0.25) is 0 Å². The molecule has 2 heterocycles. The molecule has 7 nitrogen and oxygen atoms in total. The predicted octanol–water partition coefficient (Wildman–Crippen LogP) is 1.15. The summed E-state index contributed by atoms with van der Waals surface area (Å²) in [5.74, 6) is 1.44. The van der Waals surface area contributed by atoms with Crippen LogP contribution < -0.4 is 5.32 Å². The van der Waals surface area contributed by atoms with E-state index in [0.29, 0.717) is 11.6 Å². The van der Waals surface area contributed by atoms with E-state index in [1.807, 2.05) is 13.0 Å². The number of rotatable bonds is 5. The molecule has 22 heavy (non-hydrogen) atoms. The fraction of sp³-hybridized carbons (Fsp3) is 0.667. The molecule has 0 unspecified atom stereocenters. The van der Waals surface area contributed by atoms with Crippen LogP contribution in [0.3, 0.4) is 0 Å². The molecule has 0 aliphatic heterocycles. The number of aromatic nitrogens is 4. The van der Waals surface area contributed by atoms with E-state index >= 15 is 0 Å². The molecule has 2 aromatic rings. The van der Waals surface area contributed by atoms with E-state index in [-0.39, 0.29) is 12.5 Å². The zero-order valence-corrected chi connectivity index (χ0v) is 12.8. The lowest BCUT2D eigenvalue weighted by Crippen LogP contribution is -2.42. The Morgan fingerprint density at radius 2 is 2.14 bits per heavy atom. The van der Waals surface area contributed by atoms with E-state index in [1.165, 1.54) is 12.7 Å². The van der Waals surface area contributed by atoms with Crippen molar-refractivity contribution in [3.63, 3.8) is 0 Å². The topological polar surface area (TPSA) is 95.6 Å². The summed E-state index contributed by atoms with van der Waals surface area (Å²) in [6.45, 7) is 1.75. The van der Waals surface area contributed by atoms with Gasteiger partial charge in [0.15, 0.2) is 0 Å². The van der Waals surface area contributed by atoms with Crippen molar-refractivity contribution >= 4 is 11.6 Å². The van der Waals surface area contributed by atoms with E-state index in [2.05, 4.69) is 20.4 Å². The summed E-state index contributed by atoms with van der Waals surface area (Å²) in [6.07, 6.45) is 6.46. The Morgan fingerprint density at radius 1 is 1.36 bits per heavy atom. The molecule has 3 N–H and O–H groups in total. The summed E-state index contributed by atoms with van der Waals surface area (Å²) in [6, 6.07) is 1.43. The van der Waals surface area contributed by atoms with Gasteiger partial charge in [-0.25, -0.2) is 4.98 Å². The van der Waals surface area contributed by atoms with Gasteiger partial charge >= 0.3 is 0 Å². The van der Waals surface area contributed by atoms with Gasteiger partial charge in [-0.05, 0) is 25.7 Å². The highest BCUT2D eigenvalue weighted by Crippen LogP contribution is 2.28. The Hall–Kier alpha value is -1.73. The summed E-state index contributed by atoms with van der Waals surface area (Å²) in [4.78, 5) is 8.37. The number of aryl methyl sites for hydroxylation is 1. The van der Waals surface area contributed by atoms with Crippen molar-refractivity contribution in [2.24, 2.45) is 5.92 Å². The van der Waals surface area contributed by atoms with Gasteiger partial charge in [-0.2, -0.15) is 14.6 Å². The van der Waals surface area contributed by atoms with Crippen LogP contribution in [0.25, 0.3) is 5.78 Å². The van der Waals surface area contributed by atoms with Crippen LogP contribution in [0.15, 0.2) is 12.4 Å². The van der Waals surface area contributed by atoms with Crippen LogP contribution in [-0.2, 0) is 0 Å². The smallest absolute Gasteiger partial charge is 0.254 e. The molecule has 0 spiro atoms. The second-order valence-corrected chi connectivity index (χ2v) is 6.08. The van der Waals surface area contributed by atoms with Crippen molar-refractivity contribution in [1.82, 2.24) is 19.6 Å². The lowest BCUT2D eigenvalue weighted by Gasteiger charge is -2.32. The van der Waals surface area contributed by atoms with Crippen molar-refractivity contribution in [2.45, 2.75) is 51.2 Å². The minimum Gasteiger partial charge on any atom is -0.394 e. The first kappa shape index (κ1) is 15.2. The number of fused-ring (bicyclic) bond motifs is 1. The maximum atomic E-state index is 10.6. The molecule has 1 aliphatic carbocycles. The molecule has 7 heteroatoms. The Morgan fingerprint density at radius 3 is 2.86 bits per heavy atom.